The summed E-state index contributed by atoms with van der Waals surface area (Å²) in [5.74, 6) is 4.96. The minimum atomic E-state index is -4.17. The van der Waals surface area contributed by atoms with Gasteiger partial charge in [-0.05, 0) is 67.0 Å². The second-order valence-electron chi connectivity index (χ2n) is 10.0. The molecule has 2 aliphatic rings. The summed E-state index contributed by atoms with van der Waals surface area (Å²) in [6.45, 7) is 0. The third kappa shape index (κ3) is 6.55. The van der Waals surface area contributed by atoms with Gasteiger partial charge in [-0.2, -0.15) is 0 Å². The van der Waals surface area contributed by atoms with Crippen molar-refractivity contribution in [2.75, 3.05) is 14.2 Å². The molecule has 2 atom stereocenters. The monoisotopic (exact) mass is 562 g/mol. The van der Waals surface area contributed by atoms with Gasteiger partial charge in [0.2, 0.25) is 15.6 Å². The van der Waals surface area contributed by atoms with Crippen LogP contribution in [0.4, 0.5) is 0 Å². The molecule has 2 aromatic carbocycles. The van der Waals surface area contributed by atoms with E-state index in [0.29, 0.717) is 29.4 Å². The molecule has 1 fully saturated rings. The van der Waals surface area contributed by atoms with Crippen molar-refractivity contribution in [1.82, 2.24) is 0 Å². The summed E-state index contributed by atoms with van der Waals surface area (Å²) < 4.78 is 37.6. The molecule has 0 bridgehead atoms. The SMILES string of the molecule is COC(=O)CCCC#CC=C1C(=O)C(S(=O)(=O)c2cccc3cc(OC)ccc23)=CC1C=CC(O)C1CCCC1. The standard InChI is InChI=1S/C32H34O7S/c1-38-25-17-18-26-23(20-25)12-9-14-29(26)40(36,37)30-21-24(16-19-28(33)22-10-7-8-11-22)27(32(30)35)13-5-3-4-6-15-31(34)39-2/h9,12-14,16-22,24,28,33H,4,6-8,10-11,15H2,1-2H3. The van der Waals surface area contributed by atoms with E-state index in [4.69, 9.17) is 4.74 Å². The number of benzene rings is 2. The van der Waals surface area contributed by atoms with Crippen LogP contribution >= 0.6 is 0 Å². The number of allylic oxidation sites excluding steroid dienone is 5. The Morgan fingerprint density at radius 1 is 1.18 bits per heavy atom. The maximum atomic E-state index is 13.9. The first-order valence-corrected chi connectivity index (χ1v) is 14.9. The summed E-state index contributed by atoms with van der Waals surface area (Å²) in [7, 11) is -1.30. The van der Waals surface area contributed by atoms with Crippen LogP contribution in [0, 0.1) is 23.7 Å². The van der Waals surface area contributed by atoms with Crippen LogP contribution in [0.5, 0.6) is 5.75 Å². The molecule has 0 spiro atoms. The zero-order valence-electron chi connectivity index (χ0n) is 22.8. The fraction of sp³-hybridized carbons (Fsp3) is 0.375. The van der Waals surface area contributed by atoms with Crippen LogP contribution in [0.1, 0.15) is 44.9 Å². The molecule has 0 saturated heterocycles. The molecule has 0 amide bonds. The highest BCUT2D eigenvalue weighted by molar-refractivity contribution is 7.96. The Bertz CT molecular complexity index is 1530. The minimum Gasteiger partial charge on any atom is -0.497 e. The zero-order chi connectivity index (χ0) is 28.7. The van der Waals surface area contributed by atoms with Crippen molar-refractivity contribution >= 4 is 32.4 Å². The Morgan fingerprint density at radius 3 is 2.67 bits per heavy atom. The number of unbranched alkanes of at least 4 members (excludes halogenated alkanes) is 1. The lowest BCUT2D eigenvalue weighted by Gasteiger charge is -2.14. The van der Waals surface area contributed by atoms with Crippen LogP contribution in [0.15, 0.2) is 76.1 Å². The number of carbonyl (C=O) groups is 2. The van der Waals surface area contributed by atoms with Gasteiger partial charge in [-0.15, -0.1) is 0 Å². The summed E-state index contributed by atoms with van der Waals surface area (Å²) in [6, 6.07) is 10.0. The van der Waals surface area contributed by atoms with E-state index in [-0.39, 0.29) is 33.7 Å². The Labute approximate surface area is 235 Å². The number of carbonyl (C=O) groups excluding carboxylic acids is 2. The van der Waals surface area contributed by atoms with Gasteiger partial charge in [0, 0.05) is 29.7 Å². The summed E-state index contributed by atoms with van der Waals surface area (Å²) in [5, 5.41) is 11.8. The molecule has 40 heavy (non-hydrogen) atoms. The number of ketones is 1. The normalized spacial score (nSPS) is 19.6. The molecule has 0 aromatic heterocycles. The van der Waals surface area contributed by atoms with Crippen molar-refractivity contribution in [2.45, 2.75) is 55.9 Å². The van der Waals surface area contributed by atoms with Crippen molar-refractivity contribution in [3.8, 4) is 17.6 Å². The number of fused-ring (bicyclic) bond motifs is 1. The van der Waals surface area contributed by atoms with Gasteiger partial charge in [0.25, 0.3) is 0 Å². The van der Waals surface area contributed by atoms with E-state index in [2.05, 4.69) is 16.6 Å². The third-order valence-electron chi connectivity index (χ3n) is 7.44. The van der Waals surface area contributed by atoms with Crippen molar-refractivity contribution in [1.29, 1.82) is 0 Å². The van der Waals surface area contributed by atoms with E-state index in [1.807, 2.05) is 0 Å². The fourth-order valence-electron chi connectivity index (χ4n) is 5.18. The van der Waals surface area contributed by atoms with Gasteiger partial charge in [-0.3, -0.25) is 9.59 Å². The summed E-state index contributed by atoms with van der Waals surface area (Å²) in [4.78, 5) is 24.6. The second kappa shape index (κ2) is 13.1. The molecule has 1 saturated carbocycles. The van der Waals surface area contributed by atoms with Gasteiger partial charge in [0.15, 0.2) is 0 Å². The van der Waals surface area contributed by atoms with Gasteiger partial charge in [-0.25, -0.2) is 8.42 Å². The van der Waals surface area contributed by atoms with Gasteiger partial charge in [0.1, 0.15) is 10.7 Å². The van der Waals surface area contributed by atoms with Crippen molar-refractivity contribution < 1.29 is 32.6 Å². The van der Waals surface area contributed by atoms with E-state index < -0.39 is 27.6 Å². The largest absolute Gasteiger partial charge is 0.497 e. The predicted molar refractivity (Wildman–Crippen MR) is 153 cm³/mol. The lowest BCUT2D eigenvalue weighted by atomic mass is 9.96. The van der Waals surface area contributed by atoms with Gasteiger partial charge < -0.3 is 14.6 Å². The highest BCUT2D eigenvalue weighted by atomic mass is 32.2. The van der Waals surface area contributed by atoms with E-state index in [1.165, 1.54) is 32.4 Å². The lowest BCUT2D eigenvalue weighted by Crippen LogP contribution is -2.15. The van der Waals surface area contributed by atoms with E-state index in [0.717, 1.165) is 25.7 Å². The topological polar surface area (TPSA) is 107 Å². The van der Waals surface area contributed by atoms with Crippen LogP contribution in [-0.4, -0.2) is 45.6 Å². The molecule has 0 heterocycles. The average Bonchev–Trinajstić information content (AvgIpc) is 3.61. The van der Waals surface area contributed by atoms with Crippen LogP contribution in [0.2, 0.25) is 0 Å². The number of esters is 1. The molecular formula is C32H34O7S. The van der Waals surface area contributed by atoms with E-state index in [9.17, 15) is 23.1 Å². The maximum Gasteiger partial charge on any atom is 0.305 e. The number of aliphatic hydroxyl groups excluding tert-OH is 1. The first-order chi connectivity index (χ1) is 19.3. The highest BCUT2D eigenvalue weighted by Crippen LogP contribution is 2.37. The number of sulfone groups is 1. The Kier molecular flexibility index (Phi) is 9.62. The maximum absolute atomic E-state index is 13.9. The lowest BCUT2D eigenvalue weighted by molar-refractivity contribution is -0.140. The molecule has 210 valence electrons. The molecule has 4 rings (SSSR count). The summed E-state index contributed by atoms with van der Waals surface area (Å²) in [6.07, 6.45) is 10.8. The van der Waals surface area contributed by atoms with Crippen LogP contribution in [-0.2, 0) is 24.2 Å². The number of methoxy groups -OCH3 is 2. The summed E-state index contributed by atoms with van der Waals surface area (Å²) >= 11 is 0. The molecule has 7 nitrogen and oxygen atoms in total. The van der Waals surface area contributed by atoms with Crippen molar-refractivity contribution in [2.24, 2.45) is 11.8 Å². The number of hydrogen-bond donors (Lipinski definition) is 1. The molecule has 8 heteroatoms. The fourth-order valence-corrected chi connectivity index (χ4v) is 6.84. The molecule has 0 radical (unpaired) electrons. The first kappa shape index (κ1) is 29.3. The van der Waals surface area contributed by atoms with Gasteiger partial charge >= 0.3 is 5.97 Å². The quantitative estimate of drug-likeness (QED) is 0.149. The Balaban J connectivity index is 1.66. The number of Topliss-reactive ketones (excluding diaryl/α,β-unsaturated/α-hetero) is 1. The molecule has 2 unspecified atom stereocenters. The predicted octanol–water partition coefficient (Wildman–Crippen LogP) is 5.09. The number of rotatable bonds is 9. The van der Waals surface area contributed by atoms with Crippen LogP contribution in [0.3, 0.4) is 0 Å². The third-order valence-corrected chi connectivity index (χ3v) is 9.28. The van der Waals surface area contributed by atoms with Gasteiger partial charge in [0.05, 0.1) is 25.2 Å². The zero-order valence-corrected chi connectivity index (χ0v) is 23.6. The Hall–Kier alpha value is -3.67. The molecule has 0 aliphatic heterocycles. The van der Waals surface area contributed by atoms with Crippen molar-refractivity contribution in [3.05, 3.63) is 71.2 Å². The van der Waals surface area contributed by atoms with Gasteiger partial charge in [-0.1, -0.05) is 49.0 Å². The number of hydrogen-bond acceptors (Lipinski definition) is 7. The first-order valence-electron chi connectivity index (χ1n) is 13.5. The molecular weight excluding hydrogens is 528 g/mol. The summed E-state index contributed by atoms with van der Waals surface area (Å²) in [5.41, 5.74) is 0.232. The van der Waals surface area contributed by atoms with Crippen molar-refractivity contribution in [3.63, 3.8) is 0 Å². The van der Waals surface area contributed by atoms with E-state index >= 15 is 0 Å². The average molecular weight is 563 g/mol. The van der Waals surface area contributed by atoms with Crippen LogP contribution < -0.4 is 4.74 Å². The number of ether oxygens (including phenoxy) is 2. The molecule has 2 aromatic rings. The van der Waals surface area contributed by atoms with E-state index in [1.54, 1.807) is 42.5 Å². The molecule has 2 aliphatic carbocycles. The molecule has 1 N–H and O–H groups in total. The highest BCUT2D eigenvalue weighted by Gasteiger charge is 2.38. The smallest absolute Gasteiger partial charge is 0.305 e. The Morgan fingerprint density at radius 2 is 1.95 bits per heavy atom. The number of aliphatic hydroxyl groups is 1. The van der Waals surface area contributed by atoms with Crippen LogP contribution in [0.25, 0.3) is 10.8 Å². The minimum absolute atomic E-state index is 0.0381. The second-order valence-corrected chi connectivity index (χ2v) is 11.9.